The van der Waals surface area contributed by atoms with E-state index in [1.807, 2.05) is 6.92 Å². The van der Waals surface area contributed by atoms with E-state index in [0.717, 1.165) is 5.75 Å². The SMILES string of the molecule is C=CCC1(CSCC)C(=O)NC(=O)NC1=O. The lowest BCUT2D eigenvalue weighted by Gasteiger charge is -2.32. The van der Waals surface area contributed by atoms with Gasteiger partial charge in [0.15, 0.2) is 0 Å². The van der Waals surface area contributed by atoms with Gasteiger partial charge in [0.1, 0.15) is 5.41 Å². The van der Waals surface area contributed by atoms with E-state index in [2.05, 4.69) is 17.2 Å². The molecule has 1 fully saturated rings. The molecule has 0 saturated carbocycles. The molecule has 1 heterocycles. The molecule has 0 unspecified atom stereocenters. The molecule has 0 aromatic heterocycles. The Hall–Kier alpha value is -1.30. The summed E-state index contributed by atoms with van der Waals surface area (Å²) in [6.07, 6.45) is 1.75. The van der Waals surface area contributed by atoms with Crippen LogP contribution in [0.3, 0.4) is 0 Å². The maximum absolute atomic E-state index is 11.8. The molecule has 16 heavy (non-hydrogen) atoms. The monoisotopic (exact) mass is 242 g/mol. The van der Waals surface area contributed by atoms with Crippen LogP contribution < -0.4 is 10.6 Å². The molecule has 0 bridgehead atoms. The number of carbonyl (C=O) groups is 3. The highest BCUT2D eigenvalue weighted by molar-refractivity contribution is 7.99. The molecule has 0 atom stereocenters. The second kappa shape index (κ2) is 5.16. The van der Waals surface area contributed by atoms with E-state index < -0.39 is 23.3 Å². The maximum Gasteiger partial charge on any atom is 0.328 e. The zero-order valence-corrected chi connectivity index (χ0v) is 9.86. The van der Waals surface area contributed by atoms with Crippen LogP contribution >= 0.6 is 11.8 Å². The summed E-state index contributed by atoms with van der Waals surface area (Å²) in [5.41, 5.74) is -1.20. The smallest absolute Gasteiger partial charge is 0.277 e. The molecule has 0 radical (unpaired) electrons. The fourth-order valence-electron chi connectivity index (χ4n) is 1.48. The van der Waals surface area contributed by atoms with E-state index in [0.29, 0.717) is 5.75 Å². The fourth-order valence-corrected chi connectivity index (χ4v) is 2.41. The second-order valence-electron chi connectivity index (χ2n) is 3.45. The van der Waals surface area contributed by atoms with Crippen molar-refractivity contribution in [3.05, 3.63) is 12.7 Å². The molecule has 0 aliphatic carbocycles. The molecule has 5 nitrogen and oxygen atoms in total. The van der Waals surface area contributed by atoms with Crippen LogP contribution in [0.25, 0.3) is 0 Å². The Morgan fingerprint density at radius 3 is 2.31 bits per heavy atom. The summed E-state index contributed by atoms with van der Waals surface area (Å²) >= 11 is 1.48. The lowest BCUT2D eigenvalue weighted by molar-refractivity contribution is -0.142. The zero-order chi connectivity index (χ0) is 12.2. The summed E-state index contributed by atoms with van der Waals surface area (Å²) in [7, 11) is 0. The lowest BCUT2D eigenvalue weighted by Crippen LogP contribution is -2.63. The number of rotatable bonds is 5. The Morgan fingerprint density at radius 2 is 1.88 bits per heavy atom. The predicted octanol–water partition coefficient (Wildman–Crippen LogP) is 0.668. The van der Waals surface area contributed by atoms with Gasteiger partial charge in [0.2, 0.25) is 11.8 Å². The van der Waals surface area contributed by atoms with Crippen LogP contribution in [-0.2, 0) is 9.59 Å². The van der Waals surface area contributed by atoms with Crippen molar-refractivity contribution in [1.82, 2.24) is 10.6 Å². The summed E-state index contributed by atoms with van der Waals surface area (Å²) in [5.74, 6) is 0.0672. The lowest BCUT2D eigenvalue weighted by atomic mass is 9.83. The van der Waals surface area contributed by atoms with Crippen molar-refractivity contribution in [2.45, 2.75) is 13.3 Å². The van der Waals surface area contributed by atoms with Gasteiger partial charge in [0, 0.05) is 5.75 Å². The van der Waals surface area contributed by atoms with Crippen LogP contribution in [-0.4, -0.2) is 29.4 Å². The Kier molecular flexibility index (Phi) is 4.12. The van der Waals surface area contributed by atoms with Gasteiger partial charge < -0.3 is 0 Å². The number of hydrogen-bond donors (Lipinski definition) is 2. The van der Waals surface area contributed by atoms with Crippen LogP contribution in [0.15, 0.2) is 12.7 Å². The highest BCUT2D eigenvalue weighted by Gasteiger charge is 2.49. The average Bonchev–Trinajstić information content (AvgIpc) is 2.22. The summed E-state index contributed by atoms with van der Waals surface area (Å²) in [5, 5.41) is 4.25. The van der Waals surface area contributed by atoms with Gasteiger partial charge >= 0.3 is 6.03 Å². The minimum absolute atomic E-state index is 0.227. The van der Waals surface area contributed by atoms with Crippen molar-refractivity contribution in [2.75, 3.05) is 11.5 Å². The third-order valence-electron chi connectivity index (χ3n) is 2.37. The van der Waals surface area contributed by atoms with Crippen molar-refractivity contribution < 1.29 is 14.4 Å². The molecule has 88 valence electrons. The molecule has 1 saturated heterocycles. The van der Waals surface area contributed by atoms with Crippen LogP contribution in [0.2, 0.25) is 0 Å². The van der Waals surface area contributed by atoms with Gasteiger partial charge in [-0.15, -0.1) is 6.58 Å². The Bertz CT molecular complexity index is 321. The minimum atomic E-state index is -1.20. The highest BCUT2D eigenvalue weighted by Crippen LogP contribution is 2.30. The van der Waals surface area contributed by atoms with Crippen molar-refractivity contribution in [3.63, 3.8) is 0 Å². The summed E-state index contributed by atoms with van der Waals surface area (Å²) in [6, 6.07) is -0.754. The summed E-state index contributed by atoms with van der Waals surface area (Å²) in [6.45, 7) is 5.48. The average molecular weight is 242 g/mol. The van der Waals surface area contributed by atoms with Crippen molar-refractivity contribution in [1.29, 1.82) is 0 Å². The van der Waals surface area contributed by atoms with Crippen molar-refractivity contribution >= 4 is 29.6 Å². The van der Waals surface area contributed by atoms with Crippen LogP contribution in [0.5, 0.6) is 0 Å². The highest BCUT2D eigenvalue weighted by atomic mass is 32.2. The van der Waals surface area contributed by atoms with Gasteiger partial charge in [-0.25, -0.2) is 4.79 Å². The fraction of sp³-hybridized carbons (Fsp3) is 0.500. The molecule has 1 aliphatic heterocycles. The van der Waals surface area contributed by atoms with Gasteiger partial charge in [-0.05, 0) is 12.2 Å². The quantitative estimate of drug-likeness (QED) is 0.549. The molecule has 1 rings (SSSR count). The first-order valence-electron chi connectivity index (χ1n) is 4.92. The molecule has 6 heteroatoms. The molecular weight excluding hydrogens is 228 g/mol. The van der Waals surface area contributed by atoms with Gasteiger partial charge in [0.25, 0.3) is 0 Å². The number of imide groups is 2. The van der Waals surface area contributed by atoms with Crippen molar-refractivity contribution in [2.24, 2.45) is 5.41 Å². The first kappa shape index (κ1) is 12.8. The first-order chi connectivity index (χ1) is 7.56. The molecule has 0 aromatic rings. The molecule has 0 aromatic carbocycles. The molecule has 0 spiro atoms. The van der Waals surface area contributed by atoms with Gasteiger partial charge in [-0.1, -0.05) is 13.0 Å². The van der Waals surface area contributed by atoms with Gasteiger partial charge in [-0.3, -0.25) is 20.2 Å². The number of barbiturate groups is 1. The zero-order valence-electron chi connectivity index (χ0n) is 9.04. The van der Waals surface area contributed by atoms with E-state index >= 15 is 0 Å². The number of carbonyl (C=O) groups excluding carboxylic acids is 3. The van der Waals surface area contributed by atoms with Gasteiger partial charge in [-0.2, -0.15) is 11.8 Å². The largest absolute Gasteiger partial charge is 0.328 e. The van der Waals surface area contributed by atoms with E-state index in [4.69, 9.17) is 0 Å². The summed E-state index contributed by atoms with van der Waals surface area (Å²) < 4.78 is 0. The number of hydrogen-bond acceptors (Lipinski definition) is 4. The van der Waals surface area contributed by atoms with Gasteiger partial charge in [0.05, 0.1) is 0 Å². The maximum atomic E-state index is 11.8. The number of urea groups is 1. The van der Waals surface area contributed by atoms with E-state index in [-0.39, 0.29) is 6.42 Å². The van der Waals surface area contributed by atoms with Crippen LogP contribution in [0.4, 0.5) is 4.79 Å². The number of thioether (sulfide) groups is 1. The Balaban J connectivity index is 2.96. The standard InChI is InChI=1S/C10H14N2O3S/c1-3-5-10(6-16-4-2)7(13)11-9(15)12-8(10)14/h3H,1,4-6H2,2H3,(H2,11,12,13,14,15). The normalized spacial score (nSPS) is 18.9. The molecule has 4 amide bonds. The first-order valence-corrected chi connectivity index (χ1v) is 6.08. The van der Waals surface area contributed by atoms with Crippen LogP contribution in [0.1, 0.15) is 13.3 Å². The van der Waals surface area contributed by atoms with E-state index in [9.17, 15) is 14.4 Å². The predicted molar refractivity (Wildman–Crippen MR) is 61.9 cm³/mol. The number of nitrogens with one attached hydrogen (secondary N) is 2. The van der Waals surface area contributed by atoms with Crippen LogP contribution in [0, 0.1) is 5.41 Å². The Morgan fingerprint density at radius 1 is 1.31 bits per heavy atom. The molecule has 1 aliphatic rings. The third-order valence-corrected chi connectivity index (χ3v) is 3.47. The number of allylic oxidation sites excluding steroid dienone is 1. The Labute approximate surface area is 98.0 Å². The minimum Gasteiger partial charge on any atom is -0.277 e. The topological polar surface area (TPSA) is 75.3 Å². The summed E-state index contributed by atoms with van der Waals surface area (Å²) in [4.78, 5) is 34.5. The van der Waals surface area contributed by atoms with Crippen molar-refractivity contribution in [3.8, 4) is 0 Å². The second-order valence-corrected chi connectivity index (χ2v) is 4.72. The molecule has 2 N–H and O–H groups in total. The van der Waals surface area contributed by atoms with E-state index in [1.165, 1.54) is 17.8 Å². The molecular formula is C10H14N2O3S. The number of amides is 4. The van der Waals surface area contributed by atoms with E-state index in [1.54, 1.807) is 0 Å². The third kappa shape index (κ3) is 2.27.